The Kier molecular flexibility index (Phi) is 9.54. The molecule has 5 heteroatoms. The summed E-state index contributed by atoms with van der Waals surface area (Å²) in [5, 5.41) is 11.0. The standard InChI is InChI=1S/C26H30N2O.2ClH/c1-26(29,24-15-9-4-10-16-24)21-27-17-19-28(20-18-27)25(22-11-5-2-6-12-22)23-13-7-3-8-14-23;;/h2-16,25,29H,17-21H2,1H3;2*1H. The van der Waals surface area contributed by atoms with Gasteiger partial charge in [-0.2, -0.15) is 0 Å². The summed E-state index contributed by atoms with van der Waals surface area (Å²) in [6.45, 7) is 6.47. The maximum Gasteiger partial charge on any atom is 0.0994 e. The Bertz CT molecular complexity index is 844. The molecule has 1 fully saturated rings. The van der Waals surface area contributed by atoms with Crippen LogP contribution in [0.5, 0.6) is 0 Å². The predicted molar refractivity (Wildman–Crippen MR) is 133 cm³/mol. The van der Waals surface area contributed by atoms with Crippen molar-refractivity contribution < 1.29 is 5.11 Å². The third kappa shape index (κ3) is 6.31. The average Bonchev–Trinajstić information content (AvgIpc) is 2.77. The summed E-state index contributed by atoms with van der Waals surface area (Å²) < 4.78 is 0. The molecule has 1 heterocycles. The number of benzene rings is 3. The second kappa shape index (κ2) is 11.7. The second-order valence-electron chi connectivity index (χ2n) is 8.18. The lowest BCUT2D eigenvalue weighted by Crippen LogP contribution is -2.51. The third-order valence-corrected chi connectivity index (χ3v) is 5.93. The lowest BCUT2D eigenvalue weighted by molar-refractivity contribution is -0.00290. The first-order valence-electron chi connectivity index (χ1n) is 10.5. The number of rotatable bonds is 6. The predicted octanol–water partition coefficient (Wildman–Crippen LogP) is 5.14. The van der Waals surface area contributed by atoms with Crippen LogP contribution in [0.15, 0.2) is 91.0 Å². The molecule has 0 amide bonds. The monoisotopic (exact) mass is 458 g/mol. The van der Waals surface area contributed by atoms with E-state index in [1.807, 2.05) is 37.3 Å². The van der Waals surface area contributed by atoms with Crippen LogP contribution < -0.4 is 0 Å². The van der Waals surface area contributed by atoms with Gasteiger partial charge in [-0.15, -0.1) is 24.8 Å². The van der Waals surface area contributed by atoms with Crippen molar-refractivity contribution >= 4 is 24.8 Å². The SMILES string of the molecule is CC(O)(CN1CCN(C(c2ccccc2)c2ccccc2)CC1)c1ccccc1.Cl.Cl. The summed E-state index contributed by atoms with van der Waals surface area (Å²) in [5.74, 6) is 0. The van der Waals surface area contributed by atoms with Crippen LogP contribution in [0.4, 0.5) is 0 Å². The van der Waals surface area contributed by atoms with Crippen LogP contribution in [0.25, 0.3) is 0 Å². The fraction of sp³-hybridized carbons (Fsp3) is 0.308. The van der Waals surface area contributed by atoms with Crippen LogP contribution in [0.1, 0.15) is 29.7 Å². The van der Waals surface area contributed by atoms with Gasteiger partial charge >= 0.3 is 0 Å². The summed E-state index contributed by atoms with van der Waals surface area (Å²) in [4.78, 5) is 4.95. The van der Waals surface area contributed by atoms with Crippen LogP contribution >= 0.6 is 24.8 Å². The molecule has 1 N–H and O–H groups in total. The average molecular weight is 459 g/mol. The highest BCUT2D eigenvalue weighted by Crippen LogP contribution is 2.30. The lowest BCUT2D eigenvalue weighted by atomic mass is 9.94. The molecular weight excluding hydrogens is 427 g/mol. The maximum absolute atomic E-state index is 11.0. The third-order valence-electron chi connectivity index (χ3n) is 5.93. The van der Waals surface area contributed by atoms with Gasteiger partial charge in [0.2, 0.25) is 0 Å². The van der Waals surface area contributed by atoms with Crippen molar-refractivity contribution in [2.24, 2.45) is 0 Å². The molecule has 3 nitrogen and oxygen atoms in total. The molecule has 0 bridgehead atoms. The van der Waals surface area contributed by atoms with Gasteiger partial charge in [0.25, 0.3) is 0 Å². The van der Waals surface area contributed by atoms with E-state index in [-0.39, 0.29) is 30.9 Å². The van der Waals surface area contributed by atoms with E-state index in [0.29, 0.717) is 6.54 Å². The molecule has 31 heavy (non-hydrogen) atoms. The van der Waals surface area contributed by atoms with Crippen molar-refractivity contribution in [3.05, 3.63) is 108 Å². The Morgan fingerprint density at radius 2 is 1.13 bits per heavy atom. The van der Waals surface area contributed by atoms with Gasteiger partial charge in [0.05, 0.1) is 11.6 Å². The summed E-state index contributed by atoms with van der Waals surface area (Å²) in [6, 6.07) is 31.8. The van der Waals surface area contributed by atoms with Crippen LogP contribution in [-0.4, -0.2) is 47.6 Å². The van der Waals surface area contributed by atoms with Crippen molar-refractivity contribution in [2.75, 3.05) is 32.7 Å². The van der Waals surface area contributed by atoms with Gasteiger partial charge in [-0.1, -0.05) is 91.0 Å². The molecule has 1 atom stereocenters. The number of β-amino-alcohol motifs (C(OH)–C–C–N with tert-alkyl or cyclic N) is 1. The number of hydrogen-bond acceptors (Lipinski definition) is 3. The first kappa shape index (κ1) is 25.4. The molecule has 1 unspecified atom stereocenters. The van der Waals surface area contributed by atoms with Gasteiger partial charge in [-0.05, 0) is 23.6 Å². The quantitative estimate of drug-likeness (QED) is 0.553. The van der Waals surface area contributed by atoms with E-state index in [0.717, 1.165) is 31.7 Å². The fourth-order valence-electron chi connectivity index (χ4n) is 4.39. The van der Waals surface area contributed by atoms with Crippen LogP contribution in [0.3, 0.4) is 0 Å². The Hall–Kier alpha value is -1.88. The van der Waals surface area contributed by atoms with E-state index in [4.69, 9.17) is 0 Å². The van der Waals surface area contributed by atoms with E-state index >= 15 is 0 Å². The molecule has 1 saturated heterocycles. The van der Waals surface area contributed by atoms with E-state index in [1.54, 1.807) is 0 Å². The van der Waals surface area contributed by atoms with Crippen molar-refractivity contribution in [2.45, 2.75) is 18.6 Å². The topological polar surface area (TPSA) is 26.7 Å². The number of nitrogens with zero attached hydrogens (tertiary/aromatic N) is 2. The minimum atomic E-state index is -0.832. The Labute approximate surface area is 198 Å². The summed E-state index contributed by atoms with van der Waals surface area (Å²) in [5.41, 5.74) is 2.82. The lowest BCUT2D eigenvalue weighted by Gasteiger charge is -2.41. The highest BCUT2D eigenvalue weighted by molar-refractivity contribution is 5.85. The molecule has 0 aliphatic carbocycles. The molecule has 166 valence electrons. The van der Waals surface area contributed by atoms with Crippen LogP contribution in [0.2, 0.25) is 0 Å². The van der Waals surface area contributed by atoms with Gasteiger partial charge in [0, 0.05) is 32.7 Å². The highest BCUT2D eigenvalue weighted by atomic mass is 35.5. The van der Waals surface area contributed by atoms with Crippen molar-refractivity contribution in [3.8, 4) is 0 Å². The van der Waals surface area contributed by atoms with Crippen LogP contribution in [-0.2, 0) is 5.60 Å². The molecule has 0 saturated carbocycles. The Balaban J connectivity index is 0.00000171. The number of halogens is 2. The van der Waals surface area contributed by atoms with Crippen molar-refractivity contribution in [3.63, 3.8) is 0 Å². The molecule has 0 radical (unpaired) electrons. The van der Waals surface area contributed by atoms with Crippen molar-refractivity contribution in [1.82, 2.24) is 9.80 Å². The van der Waals surface area contributed by atoms with Gasteiger partial charge in [0.1, 0.15) is 0 Å². The number of aliphatic hydroxyl groups is 1. The van der Waals surface area contributed by atoms with Gasteiger partial charge < -0.3 is 5.11 Å². The molecule has 0 spiro atoms. The fourth-order valence-corrected chi connectivity index (χ4v) is 4.39. The van der Waals surface area contributed by atoms with E-state index < -0.39 is 5.60 Å². The normalized spacial score (nSPS) is 16.7. The minimum absolute atomic E-state index is 0. The van der Waals surface area contributed by atoms with E-state index in [1.165, 1.54) is 11.1 Å². The van der Waals surface area contributed by atoms with Crippen LogP contribution in [0, 0.1) is 0 Å². The van der Waals surface area contributed by atoms with E-state index in [2.05, 4.69) is 70.5 Å². The second-order valence-corrected chi connectivity index (χ2v) is 8.18. The molecule has 4 rings (SSSR count). The zero-order valence-corrected chi connectivity index (χ0v) is 19.6. The highest BCUT2D eigenvalue weighted by Gasteiger charge is 2.30. The van der Waals surface area contributed by atoms with E-state index in [9.17, 15) is 5.11 Å². The van der Waals surface area contributed by atoms with Gasteiger partial charge in [-0.3, -0.25) is 9.80 Å². The smallest absolute Gasteiger partial charge is 0.0994 e. The minimum Gasteiger partial charge on any atom is -0.384 e. The summed E-state index contributed by atoms with van der Waals surface area (Å²) >= 11 is 0. The summed E-state index contributed by atoms with van der Waals surface area (Å²) in [7, 11) is 0. The molecular formula is C26H32Cl2N2O. The Morgan fingerprint density at radius 1 is 0.710 bits per heavy atom. The van der Waals surface area contributed by atoms with Gasteiger partial charge in [-0.25, -0.2) is 0 Å². The number of piperazine rings is 1. The molecule has 1 aliphatic rings. The molecule has 1 aliphatic heterocycles. The maximum atomic E-state index is 11.0. The first-order valence-corrected chi connectivity index (χ1v) is 10.5. The first-order chi connectivity index (χ1) is 14.1. The van der Waals surface area contributed by atoms with Crippen molar-refractivity contribution in [1.29, 1.82) is 0 Å². The zero-order valence-electron chi connectivity index (χ0n) is 17.9. The molecule has 3 aromatic carbocycles. The molecule has 3 aromatic rings. The van der Waals surface area contributed by atoms with Gasteiger partial charge in [0.15, 0.2) is 0 Å². The molecule has 0 aromatic heterocycles. The zero-order chi connectivity index (χ0) is 20.1. The largest absolute Gasteiger partial charge is 0.384 e. The summed E-state index contributed by atoms with van der Waals surface area (Å²) in [6.07, 6.45) is 0. The number of hydrogen-bond donors (Lipinski definition) is 1. The Morgan fingerprint density at radius 3 is 1.58 bits per heavy atom.